The van der Waals surface area contributed by atoms with E-state index in [1.807, 2.05) is 6.92 Å². The zero-order chi connectivity index (χ0) is 13.8. The molecule has 1 heterocycles. The van der Waals surface area contributed by atoms with Crippen LogP contribution in [0.5, 0.6) is 0 Å². The maximum Gasteiger partial charge on any atom is 0.230 e. The van der Waals surface area contributed by atoms with Crippen molar-refractivity contribution in [2.75, 3.05) is 5.32 Å². The van der Waals surface area contributed by atoms with Crippen molar-refractivity contribution >= 4 is 22.4 Å². The van der Waals surface area contributed by atoms with E-state index in [0.717, 1.165) is 5.69 Å². The van der Waals surface area contributed by atoms with E-state index in [2.05, 4.69) is 10.3 Å². The van der Waals surface area contributed by atoms with Crippen LogP contribution >= 0.6 is 11.3 Å². The second-order valence-corrected chi connectivity index (χ2v) is 5.04. The lowest BCUT2D eigenvalue weighted by Gasteiger charge is -2.03. The van der Waals surface area contributed by atoms with Gasteiger partial charge in [-0.25, -0.2) is 9.37 Å². The minimum absolute atomic E-state index is 0.0141. The summed E-state index contributed by atoms with van der Waals surface area (Å²) in [6.45, 7) is 1.82. The molecule has 0 aliphatic heterocycles. The normalized spacial score (nSPS) is 12.2. The first-order chi connectivity index (χ1) is 9.06. The Labute approximate surface area is 114 Å². The van der Waals surface area contributed by atoms with Crippen molar-refractivity contribution in [3.05, 3.63) is 46.7 Å². The monoisotopic (exact) mass is 279 g/mol. The van der Waals surface area contributed by atoms with Crippen LogP contribution in [0.15, 0.2) is 29.6 Å². The Morgan fingerprint density at radius 2 is 2.26 bits per heavy atom. The lowest BCUT2D eigenvalue weighted by Crippen LogP contribution is -2.15. The summed E-state index contributed by atoms with van der Waals surface area (Å²) in [6.07, 6.45) is -0.0141. The Bertz CT molecular complexity index is 583. The second-order valence-electron chi connectivity index (χ2n) is 4.18. The minimum Gasteiger partial charge on any atom is -0.323 e. The summed E-state index contributed by atoms with van der Waals surface area (Å²) in [5.41, 5.74) is 6.78. The molecule has 19 heavy (non-hydrogen) atoms. The molecule has 0 saturated carbocycles. The number of nitrogens with zero attached hydrogens (tertiary/aromatic N) is 1. The molecule has 1 aromatic carbocycles. The first kappa shape index (κ1) is 13.6. The van der Waals surface area contributed by atoms with E-state index in [0.29, 0.717) is 10.7 Å². The fraction of sp³-hybridized carbons (Fsp3) is 0.231. The molecule has 0 fully saturated rings. The Balaban J connectivity index is 1.99. The molecule has 2 rings (SSSR count). The molecule has 1 unspecified atom stereocenters. The lowest BCUT2D eigenvalue weighted by atomic mass is 10.1. The summed E-state index contributed by atoms with van der Waals surface area (Å²) in [5.74, 6) is -0.677. The van der Waals surface area contributed by atoms with Gasteiger partial charge in [0.15, 0.2) is 5.13 Å². The van der Waals surface area contributed by atoms with E-state index in [1.165, 1.54) is 17.4 Å². The third-order valence-electron chi connectivity index (χ3n) is 2.54. The molecule has 0 bridgehead atoms. The van der Waals surface area contributed by atoms with Crippen LogP contribution in [-0.2, 0) is 11.2 Å². The number of aromatic nitrogens is 1. The molecule has 0 aliphatic carbocycles. The molecular weight excluding hydrogens is 265 g/mol. The molecule has 0 saturated heterocycles. The number of halogens is 1. The number of amides is 1. The van der Waals surface area contributed by atoms with E-state index in [4.69, 9.17) is 5.73 Å². The van der Waals surface area contributed by atoms with Gasteiger partial charge in [-0.05, 0) is 18.6 Å². The fourth-order valence-electron chi connectivity index (χ4n) is 1.53. The SMILES string of the molecule is CC(N)c1csc(NC(=O)Cc2ccccc2F)n1. The summed E-state index contributed by atoms with van der Waals surface area (Å²) in [7, 11) is 0. The summed E-state index contributed by atoms with van der Waals surface area (Å²) in [4.78, 5) is 16.0. The van der Waals surface area contributed by atoms with Crippen LogP contribution in [0.3, 0.4) is 0 Å². The predicted octanol–water partition coefficient (Wildman–Crippen LogP) is 2.48. The number of hydrogen-bond donors (Lipinski definition) is 2. The summed E-state index contributed by atoms with van der Waals surface area (Å²) in [6, 6.07) is 6.04. The van der Waals surface area contributed by atoms with E-state index in [-0.39, 0.29) is 24.2 Å². The second kappa shape index (κ2) is 5.90. The number of thiazole rings is 1. The number of carbonyl (C=O) groups is 1. The zero-order valence-corrected chi connectivity index (χ0v) is 11.2. The van der Waals surface area contributed by atoms with Crippen molar-refractivity contribution in [3.8, 4) is 0 Å². The molecule has 1 atom stereocenters. The third kappa shape index (κ3) is 3.59. The van der Waals surface area contributed by atoms with E-state index < -0.39 is 0 Å². The molecule has 0 spiro atoms. The molecule has 0 aliphatic rings. The highest BCUT2D eigenvalue weighted by molar-refractivity contribution is 7.13. The highest BCUT2D eigenvalue weighted by Crippen LogP contribution is 2.19. The predicted molar refractivity (Wildman–Crippen MR) is 73.5 cm³/mol. The number of benzene rings is 1. The maximum absolute atomic E-state index is 13.4. The number of rotatable bonds is 4. The molecule has 6 heteroatoms. The Morgan fingerprint density at radius 1 is 1.53 bits per heavy atom. The Kier molecular flexibility index (Phi) is 4.24. The first-order valence-electron chi connectivity index (χ1n) is 5.80. The summed E-state index contributed by atoms with van der Waals surface area (Å²) >= 11 is 1.30. The van der Waals surface area contributed by atoms with Crippen LogP contribution in [0.2, 0.25) is 0 Å². The Hall–Kier alpha value is -1.79. The first-order valence-corrected chi connectivity index (χ1v) is 6.68. The number of carbonyl (C=O) groups excluding carboxylic acids is 1. The van der Waals surface area contributed by atoms with Gasteiger partial charge in [0.05, 0.1) is 12.1 Å². The van der Waals surface area contributed by atoms with Gasteiger partial charge in [-0.2, -0.15) is 0 Å². The van der Waals surface area contributed by atoms with Crippen molar-refractivity contribution in [1.82, 2.24) is 4.98 Å². The van der Waals surface area contributed by atoms with Crippen LogP contribution < -0.4 is 11.1 Å². The Morgan fingerprint density at radius 3 is 2.89 bits per heavy atom. The number of anilines is 1. The highest BCUT2D eigenvalue weighted by atomic mass is 32.1. The molecule has 100 valence electrons. The number of nitrogens with two attached hydrogens (primary N) is 1. The van der Waals surface area contributed by atoms with Crippen LogP contribution in [0, 0.1) is 5.82 Å². The average Bonchev–Trinajstić information content (AvgIpc) is 2.80. The van der Waals surface area contributed by atoms with E-state index in [9.17, 15) is 9.18 Å². The van der Waals surface area contributed by atoms with Crippen molar-refractivity contribution in [2.45, 2.75) is 19.4 Å². The van der Waals surface area contributed by atoms with Gasteiger partial charge in [-0.1, -0.05) is 18.2 Å². The van der Waals surface area contributed by atoms with E-state index >= 15 is 0 Å². The molecule has 0 radical (unpaired) electrons. The maximum atomic E-state index is 13.4. The third-order valence-corrected chi connectivity index (χ3v) is 3.32. The molecular formula is C13H14FN3OS. The van der Waals surface area contributed by atoms with Gasteiger partial charge in [-0.3, -0.25) is 4.79 Å². The van der Waals surface area contributed by atoms with Gasteiger partial charge < -0.3 is 11.1 Å². The molecule has 4 nitrogen and oxygen atoms in total. The van der Waals surface area contributed by atoms with Gasteiger partial charge >= 0.3 is 0 Å². The van der Waals surface area contributed by atoms with Gasteiger partial charge in [0.1, 0.15) is 5.82 Å². The summed E-state index contributed by atoms with van der Waals surface area (Å²) in [5, 5.41) is 4.91. The van der Waals surface area contributed by atoms with Crippen LogP contribution in [0.25, 0.3) is 0 Å². The van der Waals surface area contributed by atoms with Crippen molar-refractivity contribution in [1.29, 1.82) is 0 Å². The number of nitrogens with one attached hydrogen (secondary N) is 1. The standard InChI is InChI=1S/C13H14FN3OS/c1-8(15)11-7-19-13(16-11)17-12(18)6-9-4-2-3-5-10(9)14/h2-5,7-8H,6,15H2,1H3,(H,16,17,18). The van der Waals surface area contributed by atoms with Crippen molar-refractivity contribution in [3.63, 3.8) is 0 Å². The van der Waals surface area contributed by atoms with Crippen molar-refractivity contribution in [2.24, 2.45) is 5.73 Å². The van der Waals surface area contributed by atoms with Gasteiger partial charge in [0.2, 0.25) is 5.91 Å². The van der Waals surface area contributed by atoms with Crippen LogP contribution in [0.1, 0.15) is 24.2 Å². The molecule has 1 amide bonds. The highest BCUT2D eigenvalue weighted by Gasteiger charge is 2.11. The topological polar surface area (TPSA) is 68.0 Å². The lowest BCUT2D eigenvalue weighted by molar-refractivity contribution is -0.115. The molecule has 2 aromatic rings. The van der Waals surface area contributed by atoms with Crippen molar-refractivity contribution < 1.29 is 9.18 Å². The molecule has 3 N–H and O–H groups in total. The summed E-state index contributed by atoms with van der Waals surface area (Å²) < 4.78 is 13.4. The van der Waals surface area contributed by atoms with E-state index in [1.54, 1.807) is 23.6 Å². The number of hydrogen-bond acceptors (Lipinski definition) is 4. The van der Waals surface area contributed by atoms with Gasteiger partial charge in [-0.15, -0.1) is 11.3 Å². The fourth-order valence-corrected chi connectivity index (χ4v) is 2.36. The van der Waals surface area contributed by atoms with Crippen LogP contribution in [-0.4, -0.2) is 10.9 Å². The zero-order valence-electron chi connectivity index (χ0n) is 10.4. The quantitative estimate of drug-likeness (QED) is 0.903. The van der Waals surface area contributed by atoms with Crippen LogP contribution in [0.4, 0.5) is 9.52 Å². The smallest absolute Gasteiger partial charge is 0.230 e. The van der Waals surface area contributed by atoms with Gasteiger partial charge in [0.25, 0.3) is 0 Å². The largest absolute Gasteiger partial charge is 0.323 e. The van der Waals surface area contributed by atoms with Gasteiger partial charge in [0, 0.05) is 11.4 Å². The average molecular weight is 279 g/mol. The minimum atomic E-state index is -0.381. The molecule has 1 aromatic heterocycles.